The number of thiazole rings is 1. The topological polar surface area (TPSA) is 24.9 Å². The molecule has 0 aliphatic rings. The summed E-state index contributed by atoms with van der Waals surface area (Å²) in [5.41, 5.74) is 2.53. The maximum Gasteiger partial charge on any atom is 0.126 e. The fourth-order valence-corrected chi connectivity index (χ4v) is 2.67. The van der Waals surface area contributed by atoms with E-state index in [1.807, 2.05) is 20.0 Å². The van der Waals surface area contributed by atoms with Crippen molar-refractivity contribution in [3.05, 3.63) is 40.2 Å². The summed E-state index contributed by atoms with van der Waals surface area (Å²) in [5, 5.41) is 3.99. The number of aryl methyl sites for hydroxylation is 2. The first-order chi connectivity index (χ1) is 8.11. The van der Waals surface area contributed by atoms with Crippen molar-refractivity contribution in [2.75, 3.05) is 7.05 Å². The lowest BCUT2D eigenvalue weighted by Gasteiger charge is -1.99. The van der Waals surface area contributed by atoms with Crippen molar-refractivity contribution in [1.29, 1.82) is 0 Å². The molecule has 2 nitrogen and oxygen atoms in total. The maximum atomic E-state index is 13.5. The average Bonchev–Trinajstić information content (AvgIpc) is 2.65. The average molecular weight is 250 g/mol. The van der Waals surface area contributed by atoms with Crippen LogP contribution in [0.2, 0.25) is 0 Å². The highest BCUT2D eigenvalue weighted by Gasteiger charge is 2.10. The number of nitrogens with zero attached hydrogens (tertiary/aromatic N) is 1. The molecule has 0 fully saturated rings. The molecule has 0 radical (unpaired) electrons. The molecule has 0 atom stereocenters. The van der Waals surface area contributed by atoms with Gasteiger partial charge in [-0.1, -0.05) is 12.1 Å². The van der Waals surface area contributed by atoms with E-state index in [1.165, 1.54) is 4.88 Å². The summed E-state index contributed by atoms with van der Waals surface area (Å²) < 4.78 is 13.5. The zero-order valence-electron chi connectivity index (χ0n) is 10.2. The summed E-state index contributed by atoms with van der Waals surface area (Å²) >= 11 is 1.61. The molecule has 0 spiro atoms. The van der Waals surface area contributed by atoms with E-state index in [0.717, 1.165) is 22.8 Å². The van der Waals surface area contributed by atoms with Gasteiger partial charge in [-0.25, -0.2) is 9.37 Å². The molecule has 90 valence electrons. The van der Waals surface area contributed by atoms with Gasteiger partial charge in [-0.3, -0.25) is 0 Å². The molecule has 1 N–H and O–H groups in total. The molecule has 0 aliphatic heterocycles. The van der Waals surface area contributed by atoms with Crippen molar-refractivity contribution in [3.63, 3.8) is 0 Å². The Hall–Kier alpha value is -1.26. The molecule has 1 aromatic carbocycles. The SMILES string of the molecule is CNCc1sc(-c2ccc(C)c(F)c2)nc1C. The van der Waals surface area contributed by atoms with Gasteiger partial charge in [0.05, 0.1) is 5.69 Å². The summed E-state index contributed by atoms with van der Waals surface area (Å²) in [6, 6.07) is 5.26. The van der Waals surface area contributed by atoms with Gasteiger partial charge < -0.3 is 5.32 Å². The minimum Gasteiger partial charge on any atom is -0.315 e. The van der Waals surface area contributed by atoms with Crippen LogP contribution in [0.1, 0.15) is 16.1 Å². The lowest BCUT2D eigenvalue weighted by Crippen LogP contribution is -2.04. The second-order valence-electron chi connectivity index (χ2n) is 4.02. The normalized spacial score (nSPS) is 10.8. The van der Waals surface area contributed by atoms with Gasteiger partial charge in [0.25, 0.3) is 0 Å². The third-order valence-electron chi connectivity index (χ3n) is 2.65. The highest BCUT2D eigenvalue weighted by molar-refractivity contribution is 7.15. The number of hydrogen-bond acceptors (Lipinski definition) is 3. The molecule has 0 unspecified atom stereocenters. The summed E-state index contributed by atoms with van der Waals surface area (Å²) in [6.45, 7) is 4.55. The van der Waals surface area contributed by atoms with E-state index in [1.54, 1.807) is 30.4 Å². The predicted octanol–water partition coefficient (Wildman–Crippen LogP) is 3.29. The van der Waals surface area contributed by atoms with Gasteiger partial charge in [-0.15, -0.1) is 11.3 Å². The summed E-state index contributed by atoms with van der Waals surface area (Å²) in [4.78, 5) is 5.68. The van der Waals surface area contributed by atoms with E-state index in [0.29, 0.717) is 5.56 Å². The molecule has 2 rings (SSSR count). The standard InChI is InChI=1S/C13H15FN2S/c1-8-4-5-10(6-11(8)14)13-16-9(2)12(17-13)7-15-3/h4-6,15H,7H2,1-3H3. The van der Waals surface area contributed by atoms with Gasteiger partial charge in [0.15, 0.2) is 0 Å². The van der Waals surface area contributed by atoms with Crippen molar-refractivity contribution in [1.82, 2.24) is 10.3 Å². The number of nitrogens with one attached hydrogen (secondary N) is 1. The zero-order chi connectivity index (χ0) is 12.4. The van der Waals surface area contributed by atoms with Crippen LogP contribution < -0.4 is 5.32 Å². The van der Waals surface area contributed by atoms with Gasteiger partial charge in [-0.05, 0) is 32.5 Å². The Morgan fingerprint density at radius 3 is 2.76 bits per heavy atom. The molecular formula is C13H15FN2S. The van der Waals surface area contributed by atoms with Crippen LogP contribution in [-0.2, 0) is 6.54 Å². The first-order valence-corrected chi connectivity index (χ1v) is 6.31. The first kappa shape index (κ1) is 12.2. The Morgan fingerprint density at radius 2 is 2.12 bits per heavy atom. The van der Waals surface area contributed by atoms with Gasteiger partial charge in [0.2, 0.25) is 0 Å². The van der Waals surface area contributed by atoms with E-state index < -0.39 is 0 Å². The molecular weight excluding hydrogens is 235 g/mol. The van der Waals surface area contributed by atoms with E-state index >= 15 is 0 Å². The van der Waals surface area contributed by atoms with Crippen LogP contribution >= 0.6 is 11.3 Å². The Balaban J connectivity index is 2.39. The van der Waals surface area contributed by atoms with Crippen LogP contribution in [0.25, 0.3) is 10.6 Å². The van der Waals surface area contributed by atoms with Gasteiger partial charge in [0.1, 0.15) is 10.8 Å². The van der Waals surface area contributed by atoms with Crippen LogP contribution in [0.4, 0.5) is 4.39 Å². The molecule has 1 heterocycles. The smallest absolute Gasteiger partial charge is 0.126 e. The molecule has 0 aliphatic carbocycles. The first-order valence-electron chi connectivity index (χ1n) is 5.49. The summed E-state index contributed by atoms with van der Waals surface area (Å²) in [7, 11) is 1.91. The number of halogens is 1. The number of hydrogen-bond donors (Lipinski definition) is 1. The number of aromatic nitrogens is 1. The van der Waals surface area contributed by atoms with Crippen molar-refractivity contribution in [2.45, 2.75) is 20.4 Å². The second kappa shape index (κ2) is 4.94. The highest BCUT2D eigenvalue weighted by atomic mass is 32.1. The largest absolute Gasteiger partial charge is 0.315 e. The Bertz CT molecular complexity index is 534. The fourth-order valence-electron chi connectivity index (χ4n) is 1.60. The molecule has 0 saturated heterocycles. The molecule has 0 bridgehead atoms. The Kier molecular flexibility index (Phi) is 3.54. The van der Waals surface area contributed by atoms with E-state index in [4.69, 9.17) is 0 Å². The minimum atomic E-state index is -0.175. The van der Waals surface area contributed by atoms with Crippen molar-refractivity contribution in [3.8, 4) is 10.6 Å². The lowest BCUT2D eigenvalue weighted by molar-refractivity contribution is 0.619. The van der Waals surface area contributed by atoms with Crippen LogP contribution in [0, 0.1) is 19.7 Å². The van der Waals surface area contributed by atoms with Crippen LogP contribution in [0.3, 0.4) is 0 Å². The van der Waals surface area contributed by atoms with Crippen LogP contribution in [-0.4, -0.2) is 12.0 Å². The molecule has 0 saturated carbocycles. The van der Waals surface area contributed by atoms with Gasteiger partial charge >= 0.3 is 0 Å². The maximum absolute atomic E-state index is 13.5. The molecule has 2 aromatic rings. The quantitative estimate of drug-likeness (QED) is 0.904. The minimum absolute atomic E-state index is 0.175. The third kappa shape index (κ3) is 2.53. The Labute approximate surface area is 105 Å². The third-order valence-corrected chi connectivity index (χ3v) is 3.86. The van der Waals surface area contributed by atoms with Crippen molar-refractivity contribution in [2.24, 2.45) is 0 Å². The van der Waals surface area contributed by atoms with Crippen molar-refractivity contribution < 1.29 is 4.39 Å². The van der Waals surface area contributed by atoms with Crippen LogP contribution in [0.15, 0.2) is 18.2 Å². The van der Waals surface area contributed by atoms with Gasteiger partial charge in [-0.2, -0.15) is 0 Å². The summed E-state index contributed by atoms with van der Waals surface area (Å²) in [5.74, 6) is -0.175. The predicted molar refractivity (Wildman–Crippen MR) is 69.7 cm³/mol. The zero-order valence-corrected chi connectivity index (χ0v) is 11.0. The van der Waals surface area contributed by atoms with E-state index in [2.05, 4.69) is 10.3 Å². The lowest BCUT2D eigenvalue weighted by atomic mass is 10.1. The molecule has 4 heteroatoms. The molecule has 0 amide bonds. The second-order valence-corrected chi connectivity index (χ2v) is 5.11. The fraction of sp³-hybridized carbons (Fsp3) is 0.308. The van der Waals surface area contributed by atoms with Gasteiger partial charge in [0, 0.05) is 17.0 Å². The van der Waals surface area contributed by atoms with E-state index in [9.17, 15) is 4.39 Å². The Morgan fingerprint density at radius 1 is 1.35 bits per heavy atom. The number of benzene rings is 1. The monoisotopic (exact) mass is 250 g/mol. The summed E-state index contributed by atoms with van der Waals surface area (Å²) in [6.07, 6.45) is 0. The molecule has 17 heavy (non-hydrogen) atoms. The van der Waals surface area contributed by atoms with Crippen molar-refractivity contribution >= 4 is 11.3 Å². The molecule has 1 aromatic heterocycles. The number of rotatable bonds is 3. The van der Waals surface area contributed by atoms with E-state index in [-0.39, 0.29) is 5.82 Å². The van der Waals surface area contributed by atoms with Crippen LogP contribution in [0.5, 0.6) is 0 Å². The highest BCUT2D eigenvalue weighted by Crippen LogP contribution is 2.28.